The molecule has 9 heteroatoms. The monoisotopic (exact) mass is 512 g/mol. The summed E-state index contributed by atoms with van der Waals surface area (Å²) < 4.78 is 5.76. The predicted molar refractivity (Wildman–Crippen MR) is 141 cm³/mol. The lowest BCUT2D eigenvalue weighted by Crippen LogP contribution is -2.24. The number of carboxylic acid groups (broad SMARTS) is 2. The van der Waals surface area contributed by atoms with Crippen molar-refractivity contribution in [3.8, 4) is 11.5 Å². The van der Waals surface area contributed by atoms with Crippen LogP contribution in [0.1, 0.15) is 64.2 Å². The third-order valence-electron chi connectivity index (χ3n) is 6.37. The van der Waals surface area contributed by atoms with Crippen LogP contribution in [0.25, 0.3) is 0 Å². The molecule has 4 N–H and O–H groups in total. The van der Waals surface area contributed by atoms with Gasteiger partial charge in [0.1, 0.15) is 11.5 Å². The molecule has 0 heterocycles. The number of carbonyl (C=O) groups is 4. The predicted octanol–water partition coefficient (Wildman–Crippen LogP) is 5.92. The average molecular weight is 513 g/mol. The number of hydrogen-bond acceptors (Lipinski definition) is 5. The van der Waals surface area contributed by atoms with E-state index in [1.807, 2.05) is 24.3 Å². The van der Waals surface area contributed by atoms with Crippen LogP contribution in [0.2, 0.25) is 0 Å². The van der Waals surface area contributed by atoms with Crippen LogP contribution in [0.4, 0.5) is 11.4 Å². The summed E-state index contributed by atoms with van der Waals surface area (Å²) in [4.78, 5) is 41.4. The molecule has 200 valence electrons. The van der Waals surface area contributed by atoms with Gasteiger partial charge in [-0.05, 0) is 74.2 Å². The van der Waals surface area contributed by atoms with Crippen molar-refractivity contribution < 1.29 is 34.1 Å². The first kappa shape index (κ1) is 29.4. The van der Waals surface area contributed by atoms with Gasteiger partial charge in [0.2, 0.25) is 12.3 Å². The van der Waals surface area contributed by atoms with Crippen molar-refractivity contribution in [1.82, 2.24) is 0 Å². The molecule has 2 aliphatic carbocycles. The van der Waals surface area contributed by atoms with Crippen LogP contribution < -0.4 is 15.4 Å². The minimum absolute atomic E-state index is 0.0289. The van der Waals surface area contributed by atoms with Gasteiger partial charge in [-0.2, -0.15) is 0 Å². The maximum Gasteiger partial charge on any atom is 0.306 e. The average Bonchev–Trinajstić information content (AvgIpc) is 2.93. The standard InChI is InChI=1S/C20H22N2O3.C7H12O2.CH2O2/c23-14-21-16-6-10-18(11-7-16)25-19-12-8-17(9-13-19)22-20(24)15-4-2-1-3-5-15;8-7(9)6-4-2-1-3-5-6;2-1-3/h6-15H,1-5H2,(H,21,23)(H,22,24);6H,1-5H2,(H,8,9);1H,(H,2,3). The van der Waals surface area contributed by atoms with Crippen LogP contribution in [0.3, 0.4) is 0 Å². The molecule has 37 heavy (non-hydrogen) atoms. The van der Waals surface area contributed by atoms with Crippen molar-refractivity contribution in [2.45, 2.75) is 64.2 Å². The Kier molecular flexibility index (Phi) is 13.3. The highest BCUT2D eigenvalue weighted by molar-refractivity contribution is 5.92. The molecule has 0 radical (unpaired) electrons. The first-order valence-corrected chi connectivity index (χ1v) is 12.7. The Bertz CT molecular complexity index is 965. The topological polar surface area (TPSA) is 142 Å². The van der Waals surface area contributed by atoms with Gasteiger partial charge in [-0.25, -0.2) is 0 Å². The first-order chi connectivity index (χ1) is 18.0. The van der Waals surface area contributed by atoms with Crippen molar-refractivity contribution in [3.05, 3.63) is 48.5 Å². The third kappa shape index (κ3) is 11.2. The van der Waals surface area contributed by atoms with E-state index in [0.29, 0.717) is 23.6 Å². The second-order valence-electron chi connectivity index (χ2n) is 9.02. The van der Waals surface area contributed by atoms with E-state index in [9.17, 15) is 14.4 Å². The number of carboxylic acids is 1. The fourth-order valence-electron chi connectivity index (χ4n) is 4.39. The number of carbonyl (C=O) groups excluding carboxylic acids is 2. The summed E-state index contributed by atoms with van der Waals surface area (Å²) >= 11 is 0. The number of anilines is 2. The van der Waals surface area contributed by atoms with Crippen LogP contribution in [0.5, 0.6) is 11.5 Å². The van der Waals surface area contributed by atoms with Gasteiger partial charge in [0.05, 0.1) is 5.92 Å². The van der Waals surface area contributed by atoms with E-state index in [1.54, 1.807) is 24.3 Å². The number of benzene rings is 2. The molecule has 0 bridgehead atoms. The van der Waals surface area contributed by atoms with Crippen molar-refractivity contribution in [2.75, 3.05) is 10.6 Å². The summed E-state index contributed by atoms with van der Waals surface area (Å²) in [6.45, 7) is -0.250. The molecule has 4 rings (SSSR count). The molecule has 0 atom stereocenters. The maximum absolute atomic E-state index is 12.3. The van der Waals surface area contributed by atoms with Gasteiger partial charge in [0.25, 0.3) is 6.47 Å². The van der Waals surface area contributed by atoms with E-state index in [-0.39, 0.29) is 24.2 Å². The normalized spacial score (nSPS) is 15.5. The molecule has 0 aliphatic heterocycles. The fourth-order valence-corrected chi connectivity index (χ4v) is 4.39. The van der Waals surface area contributed by atoms with Gasteiger partial charge in [-0.15, -0.1) is 0 Å². The van der Waals surface area contributed by atoms with Crippen LogP contribution in [-0.2, 0) is 19.2 Å². The van der Waals surface area contributed by atoms with E-state index in [0.717, 1.165) is 57.1 Å². The Morgan fingerprint density at radius 1 is 0.730 bits per heavy atom. The molecule has 2 aromatic rings. The molecule has 9 nitrogen and oxygen atoms in total. The maximum atomic E-state index is 12.3. The van der Waals surface area contributed by atoms with Gasteiger partial charge < -0.3 is 25.6 Å². The highest BCUT2D eigenvalue weighted by Gasteiger charge is 2.21. The number of nitrogens with one attached hydrogen (secondary N) is 2. The fraction of sp³-hybridized carbons (Fsp3) is 0.429. The highest BCUT2D eigenvalue weighted by atomic mass is 16.5. The van der Waals surface area contributed by atoms with Gasteiger partial charge >= 0.3 is 5.97 Å². The van der Waals surface area contributed by atoms with Crippen molar-refractivity contribution in [2.24, 2.45) is 11.8 Å². The quantitative estimate of drug-likeness (QED) is 0.337. The zero-order chi connectivity index (χ0) is 26.9. The van der Waals surface area contributed by atoms with Gasteiger partial charge in [0, 0.05) is 17.3 Å². The lowest BCUT2D eigenvalue weighted by Gasteiger charge is -2.20. The van der Waals surface area contributed by atoms with E-state index in [4.69, 9.17) is 19.7 Å². The van der Waals surface area contributed by atoms with E-state index < -0.39 is 5.97 Å². The van der Waals surface area contributed by atoms with E-state index in [2.05, 4.69) is 10.6 Å². The summed E-state index contributed by atoms with van der Waals surface area (Å²) in [7, 11) is 0. The summed E-state index contributed by atoms with van der Waals surface area (Å²) in [6.07, 6.45) is 11.4. The van der Waals surface area contributed by atoms with Gasteiger partial charge in [-0.1, -0.05) is 38.5 Å². The molecule has 2 aromatic carbocycles. The molecule has 0 unspecified atom stereocenters. The molecule has 2 saturated carbocycles. The molecule has 0 spiro atoms. The zero-order valence-electron chi connectivity index (χ0n) is 20.9. The highest BCUT2D eigenvalue weighted by Crippen LogP contribution is 2.27. The summed E-state index contributed by atoms with van der Waals surface area (Å²) in [5.41, 5.74) is 1.50. The lowest BCUT2D eigenvalue weighted by molar-refractivity contribution is -0.142. The number of aliphatic carboxylic acids is 1. The minimum Gasteiger partial charge on any atom is -0.483 e. The van der Waals surface area contributed by atoms with Crippen LogP contribution in [-0.4, -0.2) is 35.0 Å². The third-order valence-corrected chi connectivity index (χ3v) is 6.37. The van der Waals surface area contributed by atoms with Crippen LogP contribution >= 0.6 is 0 Å². The smallest absolute Gasteiger partial charge is 0.306 e. The minimum atomic E-state index is -0.602. The number of hydrogen-bond donors (Lipinski definition) is 4. The van der Waals surface area contributed by atoms with Crippen LogP contribution in [0, 0.1) is 11.8 Å². The summed E-state index contributed by atoms with van der Waals surface area (Å²) in [6, 6.07) is 14.4. The molecular weight excluding hydrogens is 476 g/mol. The zero-order valence-corrected chi connectivity index (χ0v) is 20.9. The molecule has 2 aliphatic rings. The van der Waals surface area contributed by atoms with E-state index in [1.165, 1.54) is 12.8 Å². The second-order valence-corrected chi connectivity index (χ2v) is 9.02. The summed E-state index contributed by atoms with van der Waals surface area (Å²) in [5.74, 6) is 0.991. The van der Waals surface area contributed by atoms with Crippen molar-refractivity contribution in [1.29, 1.82) is 0 Å². The molecular formula is C28H36N2O7. The SMILES string of the molecule is O=C(O)C1CCCCC1.O=CNc1ccc(Oc2ccc(NC(=O)C3CCCCC3)cc2)cc1.O=CO. The molecule has 2 amide bonds. The Morgan fingerprint density at radius 3 is 1.57 bits per heavy atom. The number of amides is 2. The molecule has 0 saturated heterocycles. The molecule has 2 fully saturated rings. The Balaban J connectivity index is 0.000000333. The summed E-state index contributed by atoms with van der Waals surface area (Å²) in [5, 5.41) is 21.0. The first-order valence-electron chi connectivity index (χ1n) is 12.7. The Labute approximate surface area is 217 Å². The number of ether oxygens (including phenoxy) is 1. The lowest BCUT2D eigenvalue weighted by atomic mass is 9.88. The van der Waals surface area contributed by atoms with Crippen molar-refractivity contribution >= 4 is 36.1 Å². The van der Waals surface area contributed by atoms with Crippen molar-refractivity contribution in [3.63, 3.8) is 0 Å². The van der Waals surface area contributed by atoms with Gasteiger partial charge in [0.15, 0.2) is 0 Å². The van der Waals surface area contributed by atoms with Gasteiger partial charge in [-0.3, -0.25) is 19.2 Å². The largest absolute Gasteiger partial charge is 0.483 e. The number of rotatable bonds is 7. The molecule has 0 aromatic heterocycles. The van der Waals surface area contributed by atoms with E-state index >= 15 is 0 Å². The van der Waals surface area contributed by atoms with Crippen LogP contribution in [0.15, 0.2) is 48.5 Å². The second kappa shape index (κ2) is 16.7. The Hall–Kier alpha value is -3.88. The Morgan fingerprint density at radius 2 is 1.16 bits per heavy atom.